The summed E-state index contributed by atoms with van der Waals surface area (Å²) in [6.07, 6.45) is 0. The molecule has 0 saturated heterocycles. The van der Waals surface area contributed by atoms with Crippen LogP contribution in [0.15, 0.2) is 40.9 Å². The van der Waals surface area contributed by atoms with Crippen molar-refractivity contribution in [3.63, 3.8) is 0 Å². The molecule has 3 rings (SSSR count). The summed E-state index contributed by atoms with van der Waals surface area (Å²) in [4.78, 5) is 4.48. The van der Waals surface area contributed by atoms with Crippen molar-refractivity contribution < 1.29 is 0 Å². The monoisotopic (exact) mass is 288 g/mol. The molecule has 0 aliphatic carbocycles. The van der Waals surface area contributed by atoms with Crippen LogP contribution < -0.4 is 0 Å². The smallest absolute Gasteiger partial charge is 0.156 e. The van der Waals surface area contributed by atoms with Gasteiger partial charge in [0.2, 0.25) is 0 Å². The van der Waals surface area contributed by atoms with Gasteiger partial charge >= 0.3 is 0 Å². The van der Waals surface area contributed by atoms with Crippen molar-refractivity contribution in [3.8, 4) is 5.82 Å². The lowest BCUT2D eigenvalue weighted by Crippen LogP contribution is -2.00. The van der Waals surface area contributed by atoms with Gasteiger partial charge in [0.05, 0.1) is 11.2 Å². The predicted molar refractivity (Wildman–Crippen MR) is 69.1 cm³/mol. The number of hydrogen-bond acceptors (Lipinski definition) is 3. The molecule has 0 bridgehead atoms. The number of para-hydroxylation sites is 1. The minimum atomic E-state index is 0.777. The summed E-state index contributed by atoms with van der Waals surface area (Å²) in [6, 6.07) is 11.7. The van der Waals surface area contributed by atoms with E-state index >= 15 is 0 Å². The Morgan fingerprint density at radius 2 is 1.94 bits per heavy atom. The van der Waals surface area contributed by atoms with Crippen LogP contribution in [-0.2, 0) is 0 Å². The molecule has 0 saturated carbocycles. The van der Waals surface area contributed by atoms with Crippen LogP contribution in [0.2, 0.25) is 0 Å². The van der Waals surface area contributed by atoms with Crippen molar-refractivity contribution in [1.29, 1.82) is 0 Å². The number of nitrogens with zero attached hydrogens (tertiary/aromatic N) is 4. The second-order valence-electron chi connectivity index (χ2n) is 3.73. The largest absolute Gasteiger partial charge is 0.233 e. The predicted octanol–water partition coefficient (Wildman–Crippen LogP) is 2.89. The van der Waals surface area contributed by atoms with Crippen molar-refractivity contribution in [2.24, 2.45) is 0 Å². The van der Waals surface area contributed by atoms with E-state index in [0.717, 1.165) is 27.0 Å². The normalized spacial score (nSPS) is 10.9. The molecule has 17 heavy (non-hydrogen) atoms. The lowest BCUT2D eigenvalue weighted by atomic mass is 10.3. The van der Waals surface area contributed by atoms with Crippen molar-refractivity contribution in [2.45, 2.75) is 6.92 Å². The van der Waals surface area contributed by atoms with E-state index in [2.05, 4.69) is 31.2 Å². The molecular weight excluding hydrogens is 280 g/mol. The maximum Gasteiger partial charge on any atom is 0.156 e. The zero-order valence-electron chi connectivity index (χ0n) is 9.13. The average Bonchev–Trinajstić information content (AvgIpc) is 2.76. The fourth-order valence-electron chi connectivity index (χ4n) is 1.69. The molecule has 2 aromatic heterocycles. The minimum absolute atomic E-state index is 0.777. The third-order valence-corrected chi connectivity index (χ3v) is 3.41. The molecule has 1 aromatic carbocycles. The second-order valence-corrected chi connectivity index (χ2v) is 4.58. The Kier molecular flexibility index (Phi) is 2.40. The summed E-state index contributed by atoms with van der Waals surface area (Å²) in [5.74, 6) is 0.777. The molecule has 84 valence electrons. The number of aryl methyl sites for hydroxylation is 1. The van der Waals surface area contributed by atoms with Crippen LogP contribution in [0.4, 0.5) is 0 Å². The van der Waals surface area contributed by atoms with Gasteiger partial charge < -0.3 is 0 Å². The summed E-state index contributed by atoms with van der Waals surface area (Å²) in [7, 11) is 0. The molecule has 0 atom stereocenters. The average molecular weight is 289 g/mol. The third-order valence-electron chi connectivity index (χ3n) is 2.58. The molecule has 5 heteroatoms. The maximum atomic E-state index is 4.48. The number of aromatic nitrogens is 4. The summed E-state index contributed by atoms with van der Waals surface area (Å²) >= 11 is 3.43. The van der Waals surface area contributed by atoms with Crippen molar-refractivity contribution in [1.82, 2.24) is 20.0 Å². The Morgan fingerprint density at radius 3 is 2.76 bits per heavy atom. The topological polar surface area (TPSA) is 43.6 Å². The summed E-state index contributed by atoms with van der Waals surface area (Å²) < 4.78 is 2.74. The first-order chi connectivity index (χ1) is 8.25. The van der Waals surface area contributed by atoms with Crippen LogP contribution in [0.1, 0.15) is 5.69 Å². The molecule has 0 spiro atoms. The zero-order valence-corrected chi connectivity index (χ0v) is 10.7. The Morgan fingerprint density at radius 1 is 1.12 bits per heavy atom. The van der Waals surface area contributed by atoms with Gasteiger partial charge in [-0.3, -0.25) is 0 Å². The second kappa shape index (κ2) is 3.92. The van der Waals surface area contributed by atoms with Crippen molar-refractivity contribution in [2.75, 3.05) is 0 Å². The van der Waals surface area contributed by atoms with Crippen LogP contribution in [0.25, 0.3) is 16.9 Å². The Balaban J connectivity index is 2.24. The molecule has 0 fully saturated rings. The van der Waals surface area contributed by atoms with Gasteiger partial charge in [-0.15, -0.1) is 5.10 Å². The van der Waals surface area contributed by atoms with Gasteiger partial charge in [-0.1, -0.05) is 17.3 Å². The molecule has 0 radical (unpaired) electrons. The Bertz CT molecular complexity index is 690. The number of halogens is 1. The first kappa shape index (κ1) is 10.4. The quantitative estimate of drug-likeness (QED) is 0.692. The van der Waals surface area contributed by atoms with Gasteiger partial charge in [-0.05, 0) is 47.1 Å². The van der Waals surface area contributed by atoms with E-state index < -0.39 is 0 Å². The number of fused-ring (bicyclic) bond motifs is 1. The number of rotatable bonds is 1. The highest BCUT2D eigenvalue weighted by molar-refractivity contribution is 9.10. The van der Waals surface area contributed by atoms with Crippen molar-refractivity contribution in [3.05, 3.63) is 46.6 Å². The number of hydrogen-bond donors (Lipinski definition) is 0. The number of benzene rings is 1. The highest BCUT2D eigenvalue weighted by Crippen LogP contribution is 2.18. The van der Waals surface area contributed by atoms with Gasteiger partial charge in [0.25, 0.3) is 0 Å². The minimum Gasteiger partial charge on any atom is -0.233 e. The van der Waals surface area contributed by atoms with Gasteiger partial charge in [0.1, 0.15) is 5.52 Å². The van der Waals surface area contributed by atoms with E-state index in [1.165, 1.54) is 0 Å². The SMILES string of the molecule is Cc1nc(-n2nnc3ccccc32)ccc1Br. The van der Waals surface area contributed by atoms with E-state index in [0.29, 0.717) is 0 Å². The molecule has 0 N–H and O–H groups in total. The third kappa shape index (κ3) is 1.72. The van der Waals surface area contributed by atoms with E-state index in [1.807, 2.05) is 43.3 Å². The maximum absolute atomic E-state index is 4.48. The highest BCUT2D eigenvalue weighted by Gasteiger charge is 2.07. The van der Waals surface area contributed by atoms with E-state index in [-0.39, 0.29) is 0 Å². The Labute approximate surface area is 106 Å². The summed E-state index contributed by atoms with van der Waals surface area (Å²) in [5.41, 5.74) is 2.76. The molecule has 0 unspecified atom stereocenters. The molecule has 2 heterocycles. The lowest BCUT2D eigenvalue weighted by molar-refractivity contribution is 0.797. The lowest BCUT2D eigenvalue weighted by Gasteiger charge is -2.03. The van der Waals surface area contributed by atoms with Crippen LogP contribution >= 0.6 is 15.9 Å². The van der Waals surface area contributed by atoms with Crippen LogP contribution in [0.3, 0.4) is 0 Å². The van der Waals surface area contributed by atoms with Gasteiger partial charge in [-0.2, -0.15) is 4.68 Å². The molecule has 3 aromatic rings. The van der Waals surface area contributed by atoms with Gasteiger partial charge in [-0.25, -0.2) is 4.98 Å². The van der Waals surface area contributed by atoms with Crippen LogP contribution in [0, 0.1) is 6.92 Å². The number of pyridine rings is 1. The van der Waals surface area contributed by atoms with E-state index in [4.69, 9.17) is 0 Å². The first-order valence-electron chi connectivity index (χ1n) is 5.20. The first-order valence-corrected chi connectivity index (χ1v) is 5.99. The molecule has 0 amide bonds. The molecular formula is C12H9BrN4. The van der Waals surface area contributed by atoms with E-state index in [9.17, 15) is 0 Å². The highest BCUT2D eigenvalue weighted by atomic mass is 79.9. The summed E-state index contributed by atoms with van der Waals surface area (Å²) in [6.45, 7) is 1.95. The summed E-state index contributed by atoms with van der Waals surface area (Å²) in [5, 5.41) is 8.23. The van der Waals surface area contributed by atoms with Crippen LogP contribution in [0.5, 0.6) is 0 Å². The van der Waals surface area contributed by atoms with Gasteiger partial charge in [0.15, 0.2) is 5.82 Å². The van der Waals surface area contributed by atoms with E-state index in [1.54, 1.807) is 4.68 Å². The fraction of sp³-hybridized carbons (Fsp3) is 0.0833. The molecule has 0 aliphatic rings. The van der Waals surface area contributed by atoms with Gasteiger partial charge in [0, 0.05) is 4.47 Å². The molecule has 4 nitrogen and oxygen atoms in total. The molecule has 0 aliphatic heterocycles. The standard InChI is InChI=1S/C12H9BrN4/c1-8-9(13)6-7-12(14-8)17-11-5-3-2-4-10(11)15-16-17/h2-7H,1H3. The fourth-order valence-corrected chi connectivity index (χ4v) is 1.91. The zero-order chi connectivity index (χ0) is 11.8. The van der Waals surface area contributed by atoms with Crippen LogP contribution in [-0.4, -0.2) is 20.0 Å². The Hall–Kier alpha value is -1.75. The van der Waals surface area contributed by atoms with Crippen molar-refractivity contribution >= 4 is 27.0 Å².